The molecule has 0 aliphatic carbocycles. The zero-order valence-corrected chi connectivity index (χ0v) is 9.91. The molecule has 0 heterocycles. The van der Waals surface area contributed by atoms with Gasteiger partial charge in [0.15, 0.2) is 0 Å². The number of alkyl halides is 3. The van der Waals surface area contributed by atoms with E-state index in [1.54, 1.807) is 13.0 Å². The summed E-state index contributed by atoms with van der Waals surface area (Å²) in [6.45, 7) is 1.12. The van der Waals surface area contributed by atoms with Crippen LogP contribution < -0.4 is 5.32 Å². The van der Waals surface area contributed by atoms with Crippen molar-refractivity contribution >= 4 is 0 Å². The molecule has 1 aromatic carbocycles. The average Bonchev–Trinajstić information content (AvgIpc) is 2.34. The Morgan fingerprint density at radius 3 is 2.33 bits per heavy atom. The number of benzene rings is 1. The van der Waals surface area contributed by atoms with Crippen molar-refractivity contribution in [1.82, 2.24) is 5.32 Å². The van der Waals surface area contributed by atoms with Gasteiger partial charge < -0.3 is 15.5 Å². The van der Waals surface area contributed by atoms with E-state index < -0.39 is 23.8 Å². The molecule has 18 heavy (non-hydrogen) atoms. The van der Waals surface area contributed by atoms with Crippen molar-refractivity contribution in [3.8, 4) is 0 Å². The molecule has 0 aromatic heterocycles. The summed E-state index contributed by atoms with van der Waals surface area (Å²) in [5.41, 5.74) is -0.255. The van der Waals surface area contributed by atoms with Crippen LogP contribution in [0.5, 0.6) is 0 Å². The summed E-state index contributed by atoms with van der Waals surface area (Å²) in [7, 11) is 0. The number of hydrogen-bond donors (Lipinski definition) is 3. The first-order valence-corrected chi connectivity index (χ1v) is 5.53. The molecule has 0 spiro atoms. The van der Waals surface area contributed by atoms with Crippen LogP contribution in [0.15, 0.2) is 24.3 Å². The molecular formula is C12H16F3NO2. The standard InChI is InChI=1S/C12H16F3NO2/c1-8(16-11(6-17)7-18)9-3-2-4-10(5-9)12(13,14)15/h2-5,8,11,16-18H,6-7H2,1H3. The SMILES string of the molecule is CC(NC(CO)CO)c1cccc(C(F)(F)F)c1. The third-order valence-electron chi connectivity index (χ3n) is 2.64. The normalized spacial score (nSPS) is 13.9. The highest BCUT2D eigenvalue weighted by Crippen LogP contribution is 2.30. The Bertz CT molecular complexity index is 378. The summed E-state index contributed by atoms with van der Waals surface area (Å²) in [5, 5.41) is 20.7. The van der Waals surface area contributed by atoms with E-state index in [1.807, 2.05) is 0 Å². The molecule has 3 N–H and O–H groups in total. The average molecular weight is 263 g/mol. The van der Waals surface area contributed by atoms with Gasteiger partial charge in [-0.3, -0.25) is 0 Å². The molecular weight excluding hydrogens is 247 g/mol. The molecule has 1 unspecified atom stereocenters. The number of aliphatic hydroxyl groups is 2. The second kappa shape index (κ2) is 6.17. The van der Waals surface area contributed by atoms with Crippen LogP contribution >= 0.6 is 0 Å². The van der Waals surface area contributed by atoms with Crippen LogP contribution in [0.3, 0.4) is 0 Å². The lowest BCUT2D eigenvalue weighted by Gasteiger charge is -2.21. The zero-order valence-electron chi connectivity index (χ0n) is 9.91. The first-order chi connectivity index (χ1) is 8.38. The highest BCUT2D eigenvalue weighted by atomic mass is 19.4. The Morgan fingerprint density at radius 2 is 1.83 bits per heavy atom. The first kappa shape index (κ1) is 14.9. The number of nitrogens with one attached hydrogen (secondary N) is 1. The molecule has 0 radical (unpaired) electrons. The fraction of sp³-hybridized carbons (Fsp3) is 0.500. The molecule has 0 saturated heterocycles. The number of halogens is 3. The second-order valence-electron chi connectivity index (χ2n) is 4.07. The van der Waals surface area contributed by atoms with E-state index in [-0.39, 0.29) is 13.2 Å². The summed E-state index contributed by atoms with van der Waals surface area (Å²) in [4.78, 5) is 0. The van der Waals surface area contributed by atoms with Crippen molar-refractivity contribution in [3.63, 3.8) is 0 Å². The molecule has 0 bridgehead atoms. The van der Waals surface area contributed by atoms with Gasteiger partial charge in [0, 0.05) is 6.04 Å². The van der Waals surface area contributed by atoms with E-state index in [0.717, 1.165) is 12.1 Å². The molecule has 1 rings (SSSR count). The van der Waals surface area contributed by atoms with Crippen LogP contribution in [-0.2, 0) is 6.18 Å². The fourth-order valence-electron chi connectivity index (χ4n) is 1.60. The van der Waals surface area contributed by atoms with Gasteiger partial charge in [0.05, 0.1) is 24.8 Å². The van der Waals surface area contributed by atoms with Crippen molar-refractivity contribution in [2.75, 3.05) is 13.2 Å². The van der Waals surface area contributed by atoms with Gasteiger partial charge in [-0.15, -0.1) is 0 Å². The molecule has 3 nitrogen and oxygen atoms in total. The Balaban J connectivity index is 2.83. The minimum absolute atomic E-state index is 0.278. The van der Waals surface area contributed by atoms with E-state index >= 15 is 0 Å². The second-order valence-corrected chi connectivity index (χ2v) is 4.07. The number of hydrogen-bond acceptors (Lipinski definition) is 3. The largest absolute Gasteiger partial charge is 0.416 e. The molecule has 0 aliphatic rings. The van der Waals surface area contributed by atoms with Crippen molar-refractivity contribution in [1.29, 1.82) is 0 Å². The molecule has 102 valence electrons. The monoisotopic (exact) mass is 263 g/mol. The van der Waals surface area contributed by atoms with E-state index in [1.165, 1.54) is 6.07 Å². The van der Waals surface area contributed by atoms with Gasteiger partial charge in [-0.05, 0) is 24.6 Å². The summed E-state index contributed by atoms with van der Waals surface area (Å²) >= 11 is 0. The predicted molar refractivity (Wildman–Crippen MR) is 61.0 cm³/mol. The lowest BCUT2D eigenvalue weighted by molar-refractivity contribution is -0.137. The third-order valence-corrected chi connectivity index (χ3v) is 2.64. The van der Waals surface area contributed by atoms with Crippen LogP contribution in [-0.4, -0.2) is 29.5 Å². The predicted octanol–water partition coefficient (Wildman–Crippen LogP) is 1.71. The van der Waals surface area contributed by atoms with Crippen LogP contribution in [0.2, 0.25) is 0 Å². The molecule has 6 heteroatoms. The molecule has 0 aliphatic heterocycles. The minimum Gasteiger partial charge on any atom is -0.395 e. The van der Waals surface area contributed by atoms with E-state index in [4.69, 9.17) is 10.2 Å². The van der Waals surface area contributed by atoms with Crippen LogP contribution in [0.1, 0.15) is 24.1 Å². The van der Waals surface area contributed by atoms with Crippen LogP contribution in [0.4, 0.5) is 13.2 Å². The Kier molecular flexibility index (Phi) is 5.13. The molecule has 0 amide bonds. The summed E-state index contributed by atoms with van der Waals surface area (Å²) in [6, 6.07) is 4.03. The van der Waals surface area contributed by atoms with Crippen molar-refractivity contribution in [2.24, 2.45) is 0 Å². The highest BCUT2D eigenvalue weighted by Gasteiger charge is 2.30. The fourth-order valence-corrected chi connectivity index (χ4v) is 1.60. The van der Waals surface area contributed by atoms with Gasteiger partial charge in [-0.1, -0.05) is 12.1 Å². The van der Waals surface area contributed by atoms with Gasteiger partial charge in [-0.25, -0.2) is 0 Å². The van der Waals surface area contributed by atoms with Gasteiger partial charge in [0.25, 0.3) is 0 Å². The molecule has 0 fully saturated rings. The van der Waals surface area contributed by atoms with E-state index in [0.29, 0.717) is 5.56 Å². The first-order valence-electron chi connectivity index (χ1n) is 5.53. The van der Waals surface area contributed by atoms with E-state index in [9.17, 15) is 13.2 Å². The van der Waals surface area contributed by atoms with Gasteiger partial charge in [0.2, 0.25) is 0 Å². The summed E-state index contributed by atoms with van der Waals surface area (Å²) < 4.78 is 37.6. The smallest absolute Gasteiger partial charge is 0.395 e. The van der Waals surface area contributed by atoms with Gasteiger partial charge in [-0.2, -0.15) is 13.2 Å². The number of rotatable bonds is 5. The van der Waals surface area contributed by atoms with Gasteiger partial charge >= 0.3 is 6.18 Å². The lowest BCUT2D eigenvalue weighted by Crippen LogP contribution is -2.37. The van der Waals surface area contributed by atoms with E-state index in [2.05, 4.69) is 5.32 Å². The van der Waals surface area contributed by atoms with Gasteiger partial charge in [0.1, 0.15) is 0 Å². The Morgan fingerprint density at radius 1 is 1.22 bits per heavy atom. The topological polar surface area (TPSA) is 52.5 Å². The van der Waals surface area contributed by atoms with Crippen LogP contribution in [0, 0.1) is 0 Å². The van der Waals surface area contributed by atoms with Crippen molar-refractivity contribution in [2.45, 2.75) is 25.2 Å². The summed E-state index contributed by atoms with van der Waals surface area (Å²) in [6.07, 6.45) is -4.37. The minimum atomic E-state index is -4.37. The highest BCUT2D eigenvalue weighted by molar-refractivity contribution is 5.27. The maximum absolute atomic E-state index is 12.5. The molecule has 0 saturated carbocycles. The molecule has 1 aromatic rings. The Hall–Kier alpha value is -1.11. The lowest BCUT2D eigenvalue weighted by atomic mass is 10.0. The maximum atomic E-state index is 12.5. The molecule has 1 atom stereocenters. The number of aliphatic hydroxyl groups excluding tert-OH is 2. The quantitative estimate of drug-likeness (QED) is 0.758. The maximum Gasteiger partial charge on any atom is 0.416 e. The third kappa shape index (κ3) is 3.97. The Labute approximate surface area is 103 Å². The van der Waals surface area contributed by atoms with Crippen LogP contribution in [0.25, 0.3) is 0 Å². The van der Waals surface area contributed by atoms with Crippen molar-refractivity contribution in [3.05, 3.63) is 35.4 Å². The van der Waals surface area contributed by atoms with Crippen molar-refractivity contribution < 1.29 is 23.4 Å². The zero-order chi connectivity index (χ0) is 13.8. The summed E-state index contributed by atoms with van der Waals surface area (Å²) in [5.74, 6) is 0.